The van der Waals surface area contributed by atoms with Crippen molar-refractivity contribution >= 4 is 27.0 Å². The van der Waals surface area contributed by atoms with Crippen LogP contribution in [0.5, 0.6) is 5.75 Å². The second-order valence-electron chi connectivity index (χ2n) is 6.68. The van der Waals surface area contributed by atoms with Crippen molar-refractivity contribution in [3.05, 3.63) is 35.0 Å². The number of aryl methyl sites for hydroxylation is 1. The lowest BCUT2D eigenvalue weighted by molar-refractivity contribution is 0.402. The molecule has 7 nitrogen and oxygen atoms in total. The molecule has 0 saturated carbocycles. The van der Waals surface area contributed by atoms with Crippen molar-refractivity contribution in [3.8, 4) is 5.75 Å². The summed E-state index contributed by atoms with van der Waals surface area (Å²) >= 11 is 0. The Morgan fingerprint density at radius 1 is 1.31 bits per heavy atom. The first kappa shape index (κ1) is 18.3. The first-order chi connectivity index (χ1) is 12.2. The number of anilines is 2. The smallest absolute Gasteiger partial charge is 0.184 e. The number of ether oxygens (including phenoxy) is 1. The number of benzene rings is 1. The van der Waals surface area contributed by atoms with Crippen LogP contribution in [-0.2, 0) is 9.84 Å². The average molecular weight is 376 g/mol. The maximum Gasteiger partial charge on any atom is 0.184 e. The molecule has 1 aliphatic heterocycles. The third kappa shape index (κ3) is 2.74. The molecule has 8 heteroatoms. The molecule has 0 radical (unpaired) electrons. The lowest BCUT2D eigenvalue weighted by Gasteiger charge is -2.30. The maximum absolute atomic E-state index is 12.7. The summed E-state index contributed by atoms with van der Waals surface area (Å²) in [5, 5.41) is 6.81. The summed E-state index contributed by atoms with van der Waals surface area (Å²) in [6, 6.07) is 3.34. The van der Waals surface area contributed by atoms with Crippen LogP contribution in [0.1, 0.15) is 30.7 Å². The van der Waals surface area contributed by atoms with E-state index in [1.54, 1.807) is 26.0 Å². The molecule has 0 atom stereocenters. The van der Waals surface area contributed by atoms with Crippen molar-refractivity contribution in [2.75, 3.05) is 18.6 Å². The average Bonchev–Trinajstić information content (AvgIpc) is 2.93. The molecule has 0 saturated heterocycles. The molecule has 3 rings (SSSR count). The third-order valence-corrected chi connectivity index (χ3v) is 6.96. The quantitative estimate of drug-likeness (QED) is 0.851. The zero-order valence-electron chi connectivity index (χ0n) is 15.6. The van der Waals surface area contributed by atoms with Gasteiger partial charge >= 0.3 is 0 Å². The minimum absolute atomic E-state index is 0.155. The van der Waals surface area contributed by atoms with E-state index >= 15 is 0 Å². The Bertz CT molecular complexity index is 990. The van der Waals surface area contributed by atoms with Gasteiger partial charge in [0, 0.05) is 35.1 Å². The van der Waals surface area contributed by atoms with Gasteiger partial charge in [-0.3, -0.25) is 5.10 Å². The monoisotopic (exact) mass is 376 g/mol. The maximum atomic E-state index is 12.7. The van der Waals surface area contributed by atoms with Gasteiger partial charge in [-0.2, -0.15) is 5.10 Å². The standard InChI is InChI=1S/C18H24N4O3S/c1-10(2)26(23,24)17-8-13-14(19)6-7-22(15(13)9-16(17)25-5)18-11(3)12(4)20-21-18/h6,8-10H,7,19H2,1-5H3,(H,20,21). The first-order valence-electron chi connectivity index (χ1n) is 8.39. The lowest BCUT2D eigenvalue weighted by Crippen LogP contribution is -2.25. The Hall–Kier alpha value is -2.48. The number of nitrogens with two attached hydrogens (primary N) is 1. The Balaban J connectivity index is 2.25. The number of nitrogens with one attached hydrogen (secondary N) is 1. The number of nitrogens with zero attached hydrogens (tertiary/aromatic N) is 2. The van der Waals surface area contributed by atoms with Gasteiger partial charge in [0.2, 0.25) is 0 Å². The number of methoxy groups -OCH3 is 1. The van der Waals surface area contributed by atoms with Crippen molar-refractivity contribution in [1.29, 1.82) is 0 Å². The van der Waals surface area contributed by atoms with Gasteiger partial charge in [-0.15, -0.1) is 0 Å². The first-order valence-corrected chi connectivity index (χ1v) is 9.94. The highest BCUT2D eigenvalue weighted by molar-refractivity contribution is 7.92. The topological polar surface area (TPSA) is 101 Å². The van der Waals surface area contributed by atoms with Gasteiger partial charge in [0.1, 0.15) is 10.6 Å². The summed E-state index contributed by atoms with van der Waals surface area (Å²) in [5.41, 5.74) is 10.2. The molecule has 0 unspecified atom stereocenters. The summed E-state index contributed by atoms with van der Waals surface area (Å²) in [5.74, 6) is 1.09. The Labute approximate surface area is 153 Å². The molecule has 2 heterocycles. The van der Waals surface area contributed by atoms with Gasteiger partial charge in [-0.05, 0) is 39.8 Å². The molecular weight excluding hydrogens is 352 g/mol. The minimum Gasteiger partial charge on any atom is -0.495 e. The van der Waals surface area contributed by atoms with Crippen molar-refractivity contribution in [2.45, 2.75) is 37.8 Å². The van der Waals surface area contributed by atoms with Gasteiger partial charge in [-0.25, -0.2) is 8.42 Å². The number of sulfone groups is 1. The normalized spacial score (nSPS) is 14.4. The molecule has 1 aromatic carbocycles. The Morgan fingerprint density at radius 3 is 2.54 bits per heavy atom. The molecule has 26 heavy (non-hydrogen) atoms. The van der Waals surface area contributed by atoms with E-state index in [2.05, 4.69) is 10.2 Å². The van der Waals surface area contributed by atoms with Gasteiger partial charge in [0.05, 0.1) is 18.0 Å². The van der Waals surface area contributed by atoms with E-state index in [-0.39, 0.29) is 4.90 Å². The number of rotatable bonds is 4. The van der Waals surface area contributed by atoms with Gasteiger partial charge < -0.3 is 15.4 Å². The highest BCUT2D eigenvalue weighted by atomic mass is 32.2. The molecule has 1 aliphatic rings. The second kappa shape index (κ2) is 6.35. The van der Waals surface area contributed by atoms with Crippen LogP contribution < -0.4 is 15.4 Å². The summed E-state index contributed by atoms with van der Waals surface area (Å²) in [7, 11) is -2.04. The molecular formula is C18H24N4O3S. The fourth-order valence-corrected chi connectivity index (χ4v) is 4.19. The Kier molecular flexibility index (Phi) is 4.47. The van der Waals surface area contributed by atoms with Crippen LogP contribution >= 0.6 is 0 Å². The highest BCUT2D eigenvalue weighted by Gasteiger charge is 2.29. The largest absolute Gasteiger partial charge is 0.495 e. The predicted octanol–water partition coefficient (Wildman–Crippen LogP) is 2.67. The summed E-state index contributed by atoms with van der Waals surface area (Å²) < 4.78 is 30.9. The number of hydrogen-bond acceptors (Lipinski definition) is 6. The Morgan fingerprint density at radius 2 is 2.00 bits per heavy atom. The fourth-order valence-electron chi connectivity index (χ4n) is 2.97. The van der Waals surface area contributed by atoms with Crippen molar-refractivity contribution in [1.82, 2.24) is 10.2 Å². The summed E-state index contributed by atoms with van der Waals surface area (Å²) in [4.78, 5) is 2.15. The van der Waals surface area contributed by atoms with E-state index in [0.29, 0.717) is 23.6 Å². The van der Waals surface area contributed by atoms with Gasteiger partial charge in [0.25, 0.3) is 0 Å². The molecule has 140 valence electrons. The molecule has 0 fully saturated rings. The van der Waals surface area contributed by atoms with E-state index in [9.17, 15) is 8.42 Å². The number of H-pyrrole nitrogens is 1. The SMILES string of the molecule is COc1cc2c(cc1S(=O)(=O)C(C)C)C(N)=CCN2c1n[nH]c(C)c1C. The molecule has 3 N–H and O–H groups in total. The van der Waals surface area contributed by atoms with E-state index in [0.717, 1.165) is 22.8 Å². The summed E-state index contributed by atoms with van der Waals surface area (Å²) in [6.45, 7) is 7.79. The number of aromatic nitrogens is 2. The van der Waals surface area contributed by atoms with E-state index in [4.69, 9.17) is 10.5 Å². The van der Waals surface area contributed by atoms with Crippen LogP contribution in [0.25, 0.3) is 5.70 Å². The van der Waals surface area contributed by atoms with Crippen LogP contribution in [0.4, 0.5) is 11.5 Å². The fraction of sp³-hybridized carbons (Fsp3) is 0.389. The van der Waals surface area contributed by atoms with Crippen LogP contribution in [0.2, 0.25) is 0 Å². The van der Waals surface area contributed by atoms with Crippen molar-refractivity contribution < 1.29 is 13.2 Å². The van der Waals surface area contributed by atoms with Crippen molar-refractivity contribution in [2.24, 2.45) is 5.73 Å². The minimum atomic E-state index is -3.51. The van der Waals surface area contributed by atoms with E-state index in [1.165, 1.54) is 7.11 Å². The van der Waals surface area contributed by atoms with Crippen LogP contribution in [0.3, 0.4) is 0 Å². The van der Waals surface area contributed by atoms with E-state index < -0.39 is 15.1 Å². The van der Waals surface area contributed by atoms with Crippen LogP contribution in [0, 0.1) is 13.8 Å². The van der Waals surface area contributed by atoms with E-state index in [1.807, 2.05) is 24.8 Å². The summed E-state index contributed by atoms with van der Waals surface area (Å²) in [6.07, 6.45) is 1.87. The number of fused-ring (bicyclic) bond motifs is 1. The molecule has 0 amide bonds. The molecule has 1 aromatic heterocycles. The van der Waals surface area contributed by atoms with Crippen LogP contribution in [0.15, 0.2) is 23.1 Å². The third-order valence-electron chi connectivity index (χ3n) is 4.79. The predicted molar refractivity (Wildman–Crippen MR) is 103 cm³/mol. The molecule has 0 spiro atoms. The van der Waals surface area contributed by atoms with Gasteiger partial charge in [0.15, 0.2) is 15.7 Å². The number of hydrogen-bond donors (Lipinski definition) is 2. The molecule has 0 bridgehead atoms. The second-order valence-corrected chi connectivity index (χ2v) is 9.15. The molecule has 2 aromatic rings. The highest BCUT2D eigenvalue weighted by Crippen LogP contribution is 2.41. The van der Waals surface area contributed by atoms with Crippen molar-refractivity contribution in [3.63, 3.8) is 0 Å². The van der Waals surface area contributed by atoms with Crippen LogP contribution in [-0.4, -0.2) is 37.5 Å². The number of aromatic amines is 1. The molecule has 0 aliphatic carbocycles. The zero-order chi connectivity index (χ0) is 19.2. The lowest BCUT2D eigenvalue weighted by atomic mass is 10.0. The zero-order valence-corrected chi connectivity index (χ0v) is 16.4. The van der Waals surface area contributed by atoms with Gasteiger partial charge in [-0.1, -0.05) is 0 Å².